The van der Waals surface area contributed by atoms with Gasteiger partial charge in [-0.2, -0.15) is 0 Å². The largest absolute Gasteiger partial charge is 0.366 e. The second-order valence-electron chi connectivity index (χ2n) is 5.62. The number of nitrogens with zero attached hydrogens (tertiary/aromatic N) is 1. The second kappa shape index (κ2) is 5.62. The number of thiophene rings is 1. The number of carbonyl (C=O) groups is 1. The third kappa shape index (κ3) is 2.30. The van der Waals surface area contributed by atoms with Crippen molar-refractivity contribution in [3.8, 4) is 0 Å². The fourth-order valence-electron chi connectivity index (χ4n) is 2.93. The summed E-state index contributed by atoms with van der Waals surface area (Å²) in [4.78, 5) is 20.4. The lowest BCUT2D eigenvalue weighted by molar-refractivity contribution is -0.112. The van der Waals surface area contributed by atoms with Crippen molar-refractivity contribution in [3.05, 3.63) is 64.8 Å². The Labute approximate surface area is 142 Å². The van der Waals surface area contributed by atoms with Crippen LogP contribution in [0.25, 0.3) is 32.8 Å². The minimum Gasteiger partial charge on any atom is -0.366 e. The second-order valence-corrected chi connectivity index (χ2v) is 6.67. The highest BCUT2D eigenvalue weighted by atomic mass is 32.1. The molecule has 0 fully saturated rings. The van der Waals surface area contributed by atoms with Gasteiger partial charge in [-0.3, -0.25) is 4.79 Å². The molecule has 0 aliphatic carbocycles. The van der Waals surface area contributed by atoms with Gasteiger partial charge >= 0.3 is 0 Å². The zero-order valence-electron chi connectivity index (χ0n) is 13.0. The molecule has 4 rings (SSSR count). The number of primary amides is 1. The van der Waals surface area contributed by atoms with Gasteiger partial charge in [-0.25, -0.2) is 4.98 Å². The number of pyridine rings is 1. The molecule has 3 N–H and O–H groups in total. The van der Waals surface area contributed by atoms with E-state index in [2.05, 4.69) is 22.1 Å². The first-order valence-corrected chi connectivity index (χ1v) is 8.39. The first-order chi connectivity index (χ1) is 11.6. The Morgan fingerprint density at radius 1 is 1.21 bits per heavy atom. The summed E-state index contributed by atoms with van der Waals surface area (Å²) in [7, 11) is 0. The number of amides is 1. The molecular weight excluding hydrogens is 318 g/mol. The number of rotatable bonds is 3. The summed E-state index contributed by atoms with van der Waals surface area (Å²) in [6, 6.07) is 12.0. The van der Waals surface area contributed by atoms with Crippen LogP contribution in [-0.2, 0) is 4.79 Å². The number of hydrogen-bond acceptors (Lipinski definition) is 3. The minimum absolute atomic E-state index is 0.428. The maximum absolute atomic E-state index is 12.1. The number of benzene rings is 1. The van der Waals surface area contributed by atoms with Gasteiger partial charge in [0, 0.05) is 32.9 Å². The summed E-state index contributed by atoms with van der Waals surface area (Å²) in [5, 5.41) is 2.13. The topological polar surface area (TPSA) is 71.8 Å². The molecule has 0 aliphatic rings. The quantitative estimate of drug-likeness (QED) is 0.554. The maximum atomic E-state index is 12.1. The van der Waals surface area contributed by atoms with Crippen molar-refractivity contribution >= 4 is 50.0 Å². The number of fused-ring (bicyclic) bond motifs is 2. The lowest BCUT2D eigenvalue weighted by Gasteiger charge is -2.02. The number of hydrogen-bond donors (Lipinski definition) is 2. The lowest BCUT2D eigenvalue weighted by atomic mass is 10.0. The molecule has 1 aromatic carbocycles. The molecule has 5 heteroatoms. The van der Waals surface area contributed by atoms with Crippen molar-refractivity contribution in [1.82, 2.24) is 9.97 Å². The van der Waals surface area contributed by atoms with E-state index in [4.69, 9.17) is 5.73 Å². The number of aryl methyl sites for hydroxylation is 1. The van der Waals surface area contributed by atoms with Gasteiger partial charge in [0.25, 0.3) is 0 Å². The predicted molar refractivity (Wildman–Crippen MR) is 99.7 cm³/mol. The van der Waals surface area contributed by atoms with Crippen molar-refractivity contribution in [2.45, 2.75) is 6.92 Å². The van der Waals surface area contributed by atoms with E-state index in [1.165, 1.54) is 0 Å². The number of carbonyl (C=O) groups excluding carboxylic acids is 1. The van der Waals surface area contributed by atoms with Crippen molar-refractivity contribution in [2.75, 3.05) is 0 Å². The highest BCUT2D eigenvalue weighted by Crippen LogP contribution is 2.36. The maximum Gasteiger partial charge on any atom is 0.250 e. The van der Waals surface area contributed by atoms with Crippen LogP contribution in [0.15, 0.2) is 48.8 Å². The smallest absolute Gasteiger partial charge is 0.250 e. The Kier molecular flexibility index (Phi) is 3.43. The Bertz CT molecular complexity index is 1100. The molecule has 1 amide bonds. The average molecular weight is 333 g/mol. The molecule has 0 aliphatic heterocycles. The van der Waals surface area contributed by atoms with E-state index in [-0.39, 0.29) is 0 Å². The van der Waals surface area contributed by atoms with Gasteiger partial charge in [-0.1, -0.05) is 18.2 Å². The molecule has 0 radical (unpaired) electrons. The Morgan fingerprint density at radius 2 is 2.00 bits per heavy atom. The Morgan fingerprint density at radius 3 is 2.79 bits per heavy atom. The van der Waals surface area contributed by atoms with E-state index in [0.717, 1.165) is 37.1 Å². The van der Waals surface area contributed by atoms with E-state index in [0.29, 0.717) is 5.57 Å². The summed E-state index contributed by atoms with van der Waals surface area (Å²) in [6.45, 7) is 2.03. The normalized spacial score (nSPS) is 12.1. The molecule has 3 aromatic heterocycles. The van der Waals surface area contributed by atoms with Crippen LogP contribution in [0.2, 0.25) is 0 Å². The SMILES string of the molecule is Cc1c(C(=Cc2c[nH]c3ncccc23)C(N)=O)sc2ccccc12. The molecule has 24 heavy (non-hydrogen) atoms. The summed E-state index contributed by atoms with van der Waals surface area (Å²) in [5.41, 5.74) is 9.00. The highest BCUT2D eigenvalue weighted by molar-refractivity contribution is 7.20. The molecule has 4 nitrogen and oxygen atoms in total. The van der Waals surface area contributed by atoms with Crippen LogP contribution < -0.4 is 5.73 Å². The van der Waals surface area contributed by atoms with Crippen LogP contribution in [-0.4, -0.2) is 15.9 Å². The zero-order valence-corrected chi connectivity index (χ0v) is 13.9. The van der Waals surface area contributed by atoms with Crippen LogP contribution in [0.4, 0.5) is 0 Å². The third-order valence-corrected chi connectivity index (χ3v) is 5.44. The average Bonchev–Trinajstić information content (AvgIpc) is 3.14. The van der Waals surface area contributed by atoms with Gasteiger partial charge in [-0.15, -0.1) is 11.3 Å². The minimum atomic E-state index is -0.428. The Hall–Kier alpha value is -2.92. The standard InChI is InChI=1S/C19H15N3OS/c1-11-13-5-2-3-7-16(13)24-17(11)15(18(20)23)9-12-10-22-19-14(12)6-4-8-21-19/h2-10H,1H3,(H2,20,23)(H,21,22). The lowest BCUT2D eigenvalue weighted by Crippen LogP contribution is -2.12. The molecule has 3 heterocycles. The third-order valence-electron chi connectivity index (χ3n) is 4.14. The zero-order chi connectivity index (χ0) is 16.7. The fraction of sp³-hybridized carbons (Fsp3) is 0.0526. The first-order valence-electron chi connectivity index (χ1n) is 7.57. The van der Waals surface area contributed by atoms with Gasteiger partial charge in [0.05, 0.1) is 5.57 Å². The summed E-state index contributed by atoms with van der Waals surface area (Å²) in [5.74, 6) is -0.428. The van der Waals surface area contributed by atoms with Gasteiger partial charge in [-0.05, 0) is 42.1 Å². The molecule has 4 aromatic rings. The molecule has 0 atom stereocenters. The van der Waals surface area contributed by atoms with Crippen molar-refractivity contribution < 1.29 is 4.79 Å². The first kappa shape index (κ1) is 14.7. The monoisotopic (exact) mass is 333 g/mol. The van der Waals surface area contributed by atoms with E-state index in [9.17, 15) is 4.79 Å². The number of aromatic nitrogens is 2. The molecular formula is C19H15N3OS. The number of nitrogens with one attached hydrogen (secondary N) is 1. The van der Waals surface area contributed by atoms with Crippen LogP contribution in [0.1, 0.15) is 16.0 Å². The number of nitrogens with two attached hydrogens (primary N) is 1. The van der Waals surface area contributed by atoms with Crippen molar-refractivity contribution in [1.29, 1.82) is 0 Å². The van der Waals surface area contributed by atoms with Crippen molar-refractivity contribution in [2.24, 2.45) is 5.73 Å². The number of H-pyrrole nitrogens is 1. The van der Waals surface area contributed by atoms with Crippen LogP contribution in [0.5, 0.6) is 0 Å². The molecule has 118 valence electrons. The molecule has 0 spiro atoms. The summed E-state index contributed by atoms with van der Waals surface area (Å²) in [6.07, 6.45) is 5.43. The highest BCUT2D eigenvalue weighted by Gasteiger charge is 2.17. The van der Waals surface area contributed by atoms with Crippen molar-refractivity contribution in [3.63, 3.8) is 0 Å². The van der Waals surface area contributed by atoms with Crippen LogP contribution in [0.3, 0.4) is 0 Å². The van der Waals surface area contributed by atoms with Gasteiger partial charge in [0.15, 0.2) is 0 Å². The fourth-order valence-corrected chi connectivity index (χ4v) is 4.16. The molecule has 0 saturated carbocycles. The van der Waals surface area contributed by atoms with E-state index < -0.39 is 5.91 Å². The number of aromatic amines is 1. The predicted octanol–water partition coefficient (Wildman–Crippen LogP) is 4.11. The van der Waals surface area contributed by atoms with Crippen LogP contribution in [0, 0.1) is 6.92 Å². The Balaban J connectivity index is 1.94. The molecule has 0 unspecified atom stereocenters. The summed E-state index contributed by atoms with van der Waals surface area (Å²) < 4.78 is 1.15. The molecule has 0 saturated heterocycles. The summed E-state index contributed by atoms with van der Waals surface area (Å²) >= 11 is 1.59. The van der Waals surface area contributed by atoms with E-state index >= 15 is 0 Å². The van der Waals surface area contributed by atoms with Gasteiger partial charge in [0.1, 0.15) is 5.65 Å². The van der Waals surface area contributed by atoms with E-state index in [1.54, 1.807) is 17.5 Å². The van der Waals surface area contributed by atoms with Gasteiger partial charge in [0.2, 0.25) is 5.91 Å². The van der Waals surface area contributed by atoms with Gasteiger partial charge < -0.3 is 10.7 Å². The molecule has 0 bridgehead atoms. The van der Waals surface area contributed by atoms with Crippen LogP contribution >= 0.6 is 11.3 Å². The van der Waals surface area contributed by atoms with E-state index in [1.807, 2.05) is 43.5 Å².